The molecule has 3 heterocycles. The lowest BCUT2D eigenvalue weighted by Gasteiger charge is -2.28. The molecule has 7 nitrogen and oxygen atoms in total. The lowest BCUT2D eigenvalue weighted by molar-refractivity contribution is 0.239. The molecule has 7 heteroatoms. The number of hydrogen-bond acceptors (Lipinski definition) is 6. The highest BCUT2D eigenvalue weighted by molar-refractivity contribution is 5.53. The number of pyridine rings is 1. The van der Waals surface area contributed by atoms with Crippen LogP contribution in [0.4, 0.5) is 0 Å². The Morgan fingerprint density at radius 2 is 2.00 bits per heavy atom. The van der Waals surface area contributed by atoms with Crippen LogP contribution in [0.2, 0.25) is 0 Å². The Balaban J connectivity index is 1.60. The van der Waals surface area contributed by atoms with Crippen LogP contribution in [0.25, 0.3) is 11.4 Å². The van der Waals surface area contributed by atoms with Crippen molar-refractivity contribution >= 4 is 0 Å². The van der Waals surface area contributed by atoms with Gasteiger partial charge in [0, 0.05) is 43.2 Å². The average Bonchev–Trinajstić information content (AvgIpc) is 2.75. The van der Waals surface area contributed by atoms with E-state index >= 15 is 0 Å². The maximum absolute atomic E-state index is 12.6. The summed E-state index contributed by atoms with van der Waals surface area (Å²) in [7, 11) is 3.28. The molecule has 0 unspecified atom stereocenters. The molecule has 0 bridgehead atoms. The van der Waals surface area contributed by atoms with Gasteiger partial charge in [0.2, 0.25) is 0 Å². The quantitative estimate of drug-likeness (QED) is 0.719. The van der Waals surface area contributed by atoms with Gasteiger partial charge >= 0.3 is 0 Å². The molecule has 1 aliphatic heterocycles. The van der Waals surface area contributed by atoms with Gasteiger partial charge in [0.1, 0.15) is 5.82 Å². The summed E-state index contributed by atoms with van der Waals surface area (Å²) in [5.41, 5.74) is 4.66. The Morgan fingerprint density at radius 3 is 2.72 bits per heavy atom. The normalized spacial score (nSPS) is 13.8. The van der Waals surface area contributed by atoms with Gasteiger partial charge in [-0.2, -0.15) is 0 Å². The van der Waals surface area contributed by atoms with E-state index in [9.17, 15) is 4.79 Å². The summed E-state index contributed by atoms with van der Waals surface area (Å²) >= 11 is 0. The van der Waals surface area contributed by atoms with E-state index < -0.39 is 0 Å². The number of H-pyrrole nitrogens is 1. The number of aromatic nitrogens is 3. The molecule has 0 amide bonds. The molecule has 1 aromatic carbocycles. The molecule has 4 rings (SSSR count). The first-order valence-corrected chi connectivity index (χ1v) is 9.55. The largest absolute Gasteiger partial charge is 0.493 e. The summed E-state index contributed by atoms with van der Waals surface area (Å²) in [5.74, 6) is 2.01. The number of aromatic amines is 1. The molecule has 0 radical (unpaired) electrons. The molecule has 150 valence electrons. The number of nitrogens with zero attached hydrogens (tertiary/aromatic N) is 3. The van der Waals surface area contributed by atoms with E-state index in [1.165, 1.54) is 5.56 Å². The number of rotatable bonds is 5. The van der Waals surface area contributed by atoms with E-state index in [0.717, 1.165) is 47.0 Å². The SMILES string of the molecule is COc1cc(C)c(CN2CCc3c(nc(-c4cccnc4)[nH]c3=O)C2)cc1OC. The van der Waals surface area contributed by atoms with Gasteiger partial charge in [-0.15, -0.1) is 0 Å². The van der Waals surface area contributed by atoms with E-state index in [0.29, 0.717) is 18.8 Å². The van der Waals surface area contributed by atoms with Gasteiger partial charge in [0.05, 0.1) is 19.9 Å². The number of nitrogens with one attached hydrogen (secondary N) is 1. The summed E-state index contributed by atoms with van der Waals surface area (Å²) in [6, 6.07) is 7.75. The maximum Gasteiger partial charge on any atom is 0.254 e. The number of aryl methyl sites for hydroxylation is 1. The predicted molar refractivity (Wildman–Crippen MR) is 110 cm³/mol. The maximum atomic E-state index is 12.6. The van der Waals surface area contributed by atoms with E-state index in [1.807, 2.05) is 24.3 Å². The average molecular weight is 392 g/mol. The second-order valence-corrected chi connectivity index (χ2v) is 7.18. The molecule has 2 aromatic heterocycles. The molecule has 0 saturated heterocycles. The van der Waals surface area contributed by atoms with Crippen LogP contribution in [-0.4, -0.2) is 40.6 Å². The van der Waals surface area contributed by atoms with Gasteiger partial charge in [-0.3, -0.25) is 14.7 Å². The van der Waals surface area contributed by atoms with Crippen molar-refractivity contribution in [2.75, 3.05) is 20.8 Å². The fourth-order valence-electron chi connectivity index (χ4n) is 3.70. The van der Waals surface area contributed by atoms with Crippen molar-refractivity contribution in [3.8, 4) is 22.9 Å². The van der Waals surface area contributed by atoms with Crippen LogP contribution in [0.3, 0.4) is 0 Å². The number of benzene rings is 1. The summed E-state index contributed by atoms with van der Waals surface area (Å²) in [5, 5.41) is 0. The highest BCUT2D eigenvalue weighted by Gasteiger charge is 2.22. The van der Waals surface area contributed by atoms with Gasteiger partial charge in [0.15, 0.2) is 11.5 Å². The monoisotopic (exact) mass is 392 g/mol. The molecule has 0 fully saturated rings. The summed E-state index contributed by atoms with van der Waals surface area (Å²) in [4.78, 5) is 26.6. The number of hydrogen-bond donors (Lipinski definition) is 1. The molecule has 0 spiro atoms. The Labute approximate surface area is 169 Å². The van der Waals surface area contributed by atoms with Crippen LogP contribution < -0.4 is 15.0 Å². The third kappa shape index (κ3) is 3.86. The van der Waals surface area contributed by atoms with E-state index in [2.05, 4.69) is 21.8 Å². The Kier molecular flexibility index (Phi) is 5.31. The molecule has 1 aliphatic rings. The van der Waals surface area contributed by atoms with Crippen LogP contribution in [-0.2, 0) is 19.5 Å². The first-order valence-electron chi connectivity index (χ1n) is 9.55. The molecular weight excluding hydrogens is 368 g/mol. The van der Waals surface area contributed by atoms with E-state index in [-0.39, 0.29) is 5.56 Å². The second-order valence-electron chi connectivity index (χ2n) is 7.18. The van der Waals surface area contributed by atoms with Crippen LogP contribution in [0, 0.1) is 6.92 Å². The zero-order chi connectivity index (χ0) is 20.4. The van der Waals surface area contributed by atoms with Gasteiger partial charge in [0.25, 0.3) is 5.56 Å². The van der Waals surface area contributed by atoms with Crippen molar-refractivity contribution in [3.63, 3.8) is 0 Å². The highest BCUT2D eigenvalue weighted by atomic mass is 16.5. The number of fused-ring (bicyclic) bond motifs is 1. The predicted octanol–water partition coefficient (Wildman–Crippen LogP) is 2.72. The minimum absolute atomic E-state index is 0.0594. The molecule has 3 aromatic rings. The summed E-state index contributed by atoms with van der Waals surface area (Å²) in [6.07, 6.45) is 4.09. The van der Waals surface area contributed by atoms with Crippen molar-refractivity contribution in [2.24, 2.45) is 0 Å². The third-order valence-corrected chi connectivity index (χ3v) is 5.32. The van der Waals surface area contributed by atoms with Crippen molar-refractivity contribution in [1.82, 2.24) is 19.9 Å². The zero-order valence-electron chi connectivity index (χ0n) is 16.9. The Bertz CT molecular complexity index is 1080. The van der Waals surface area contributed by atoms with Crippen LogP contribution in [0.5, 0.6) is 11.5 Å². The van der Waals surface area contributed by atoms with E-state index in [4.69, 9.17) is 14.5 Å². The minimum atomic E-state index is -0.0594. The highest BCUT2D eigenvalue weighted by Crippen LogP contribution is 2.31. The number of ether oxygens (including phenoxy) is 2. The topological polar surface area (TPSA) is 80.3 Å². The standard InChI is InChI=1S/C22H24N4O3/c1-14-9-19(28-2)20(29-3)10-16(14)12-26-8-6-17-18(13-26)24-21(25-22(17)27)15-5-4-7-23-11-15/h4-5,7,9-11H,6,8,12-13H2,1-3H3,(H,24,25,27). The molecule has 0 saturated carbocycles. The summed E-state index contributed by atoms with van der Waals surface area (Å²) in [6.45, 7) is 4.25. The molecule has 1 N–H and O–H groups in total. The van der Waals surface area contributed by atoms with Gasteiger partial charge < -0.3 is 14.5 Å². The third-order valence-electron chi connectivity index (χ3n) is 5.32. The molecule has 0 atom stereocenters. The fraction of sp³-hybridized carbons (Fsp3) is 0.318. The Morgan fingerprint density at radius 1 is 1.21 bits per heavy atom. The molecular formula is C22H24N4O3. The lowest BCUT2D eigenvalue weighted by Crippen LogP contribution is -2.35. The van der Waals surface area contributed by atoms with Crippen molar-refractivity contribution in [3.05, 3.63) is 69.4 Å². The van der Waals surface area contributed by atoms with Crippen LogP contribution >= 0.6 is 0 Å². The van der Waals surface area contributed by atoms with Gasteiger partial charge in [-0.05, 0) is 48.7 Å². The molecule has 0 aliphatic carbocycles. The zero-order valence-corrected chi connectivity index (χ0v) is 16.9. The van der Waals surface area contributed by atoms with Crippen molar-refractivity contribution in [2.45, 2.75) is 26.4 Å². The van der Waals surface area contributed by atoms with Crippen molar-refractivity contribution < 1.29 is 9.47 Å². The van der Waals surface area contributed by atoms with Crippen LogP contribution in [0.15, 0.2) is 41.5 Å². The second kappa shape index (κ2) is 8.05. The number of methoxy groups -OCH3 is 2. The Hall–Kier alpha value is -3.19. The fourth-order valence-corrected chi connectivity index (χ4v) is 3.70. The van der Waals surface area contributed by atoms with Crippen molar-refractivity contribution in [1.29, 1.82) is 0 Å². The first kappa shape index (κ1) is 19.1. The van der Waals surface area contributed by atoms with Gasteiger partial charge in [-0.25, -0.2) is 4.98 Å². The first-order chi connectivity index (χ1) is 14.1. The van der Waals surface area contributed by atoms with Gasteiger partial charge in [-0.1, -0.05) is 0 Å². The van der Waals surface area contributed by atoms with E-state index in [1.54, 1.807) is 26.6 Å². The minimum Gasteiger partial charge on any atom is -0.493 e. The van der Waals surface area contributed by atoms with Crippen LogP contribution in [0.1, 0.15) is 22.4 Å². The summed E-state index contributed by atoms with van der Waals surface area (Å²) < 4.78 is 10.8. The smallest absolute Gasteiger partial charge is 0.254 e. The molecule has 29 heavy (non-hydrogen) atoms. The lowest BCUT2D eigenvalue weighted by atomic mass is 10.0.